The van der Waals surface area contributed by atoms with Gasteiger partial charge < -0.3 is 9.84 Å². The molecule has 0 radical (unpaired) electrons. The lowest BCUT2D eigenvalue weighted by Gasteiger charge is -2.15. The minimum absolute atomic E-state index is 0.187. The van der Waals surface area contributed by atoms with Gasteiger partial charge >= 0.3 is 0 Å². The third kappa shape index (κ3) is 4.25. The van der Waals surface area contributed by atoms with E-state index < -0.39 is 10.0 Å². The van der Waals surface area contributed by atoms with E-state index in [9.17, 15) is 13.5 Å². The van der Waals surface area contributed by atoms with Crippen molar-refractivity contribution in [2.75, 3.05) is 17.7 Å². The maximum atomic E-state index is 12.4. The normalized spacial score (nSPS) is 10.9. The quantitative estimate of drug-likeness (QED) is 0.356. The lowest BCUT2D eigenvalue weighted by Crippen LogP contribution is -2.24. The van der Waals surface area contributed by atoms with Crippen LogP contribution in [0.15, 0.2) is 84.9 Å². The Bertz CT molecular complexity index is 1450. The van der Waals surface area contributed by atoms with Crippen molar-refractivity contribution >= 4 is 26.5 Å². The van der Waals surface area contributed by atoms with Gasteiger partial charge in [0.05, 0.1) is 19.1 Å². The fraction of sp³-hybridized carbons (Fsp3) is 0.0769. The zero-order valence-electron chi connectivity index (χ0n) is 17.6. The molecule has 4 rings (SSSR count). The van der Waals surface area contributed by atoms with E-state index in [1.165, 1.54) is 0 Å². The Balaban J connectivity index is 1.92. The van der Waals surface area contributed by atoms with Crippen LogP contribution in [0.3, 0.4) is 0 Å². The van der Waals surface area contributed by atoms with Crippen LogP contribution in [0.25, 0.3) is 21.9 Å². The molecule has 0 bridgehead atoms. The molecule has 6 heteroatoms. The number of nitrogens with zero attached hydrogens (tertiary/aromatic N) is 1. The van der Waals surface area contributed by atoms with Crippen LogP contribution in [0.1, 0.15) is 5.56 Å². The van der Waals surface area contributed by atoms with Crippen LogP contribution in [-0.4, -0.2) is 26.9 Å². The third-order valence-electron chi connectivity index (χ3n) is 5.03. The second kappa shape index (κ2) is 8.66. The molecule has 0 saturated carbocycles. The van der Waals surface area contributed by atoms with Crippen LogP contribution < -0.4 is 9.04 Å². The average molecular weight is 444 g/mol. The van der Waals surface area contributed by atoms with E-state index in [0.717, 1.165) is 27.1 Å². The zero-order valence-corrected chi connectivity index (χ0v) is 18.4. The number of hydrogen-bond donors (Lipinski definition) is 1. The van der Waals surface area contributed by atoms with Crippen LogP contribution in [-0.2, 0) is 10.0 Å². The molecule has 5 nitrogen and oxygen atoms in total. The van der Waals surface area contributed by atoms with E-state index in [4.69, 9.17) is 4.74 Å². The van der Waals surface area contributed by atoms with Crippen molar-refractivity contribution in [1.29, 1.82) is 0 Å². The Kier molecular flexibility index (Phi) is 5.76. The number of rotatable bonds is 4. The summed E-state index contributed by atoms with van der Waals surface area (Å²) >= 11 is 0. The van der Waals surface area contributed by atoms with E-state index in [1.54, 1.807) is 49.6 Å². The number of phenolic OH excluding ortho intramolecular Hbond substituents is 1. The first-order valence-electron chi connectivity index (χ1n) is 9.84. The number of anilines is 1. The molecule has 0 aromatic heterocycles. The number of para-hydroxylation sites is 1. The summed E-state index contributed by atoms with van der Waals surface area (Å²) < 4.78 is 31.3. The highest BCUT2D eigenvalue weighted by molar-refractivity contribution is 7.92. The molecule has 160 valence electrons. The van der Waals surface area contributed by atoms with Crippen LogP contribution in [0.2, 0.25) is 0 Å². The highest BCUT2D eigenvalue weighted by Gasteiger charge is 2.16. The second-order valence-corrected chi connectivity index (χ2v) is 9.02. The summed E-state index contributed by atoms with van der Waals surface area (Å²) in [5, 5.41) is 11.8. The number of phenols is 1. The van der Waals surface area contributed by atoms with Crippen molar-refractivity contribution in [2.45, 2.75) is 0 Å². The molecular formula is C26H21NO4S. The minimum atomic E-state index is -3.62. The van der Waals surface area contributed by atoms with E-state index in [-0.39, 0.29) is 5.75 Å². The predicted molar refractivity (Wildman–Crippen MR) is 128 cm³/mol. The molecule has 0 amide bonds. The van der Waals surface area contributed by atoms with Crippen LogP contribution in [0, 0.1) is 12.0 Å². The Hall–Kier alpha value is -3.95. The maximum absolute atomic E-state index is 12.4. The number of hydrogen-bond acceptors (Lipinski definition) is 4. The largest absolute Gasteiger partial charge is 0.507 e. The molecule has 0 aliphatic rings. The van der Waals surface area contributed by atoms with Crippen molar-refractivity contribution < 1.29 is 18.3 Å². The van der Waals surface area contributed by atoms with Crippen LogP contribution in [0.4, 0.5) is 5.69 Å². The summed E-state index contributed by atoms with van der Waals surface area (Å²) in [6.07, 6.45) is 1.12. The third-order valence-corrected chi connectivity index (χ3v) is 6.00. The highest BCUT2D eigenvalue weighted by Crippen LogP contribution is 2.36. The smallest absolute Gasteiger partial charge is 0.243 e. The van der Waals surface area contributed by atoms with Crippen LogP contribution >= 0.6 is 0 Å². The first kappa shape index (κ1) is 21.3. The summed E-state index contributed by atoms with van der Waals surface area (Å²) in [5.41, 5.74) is 2.72. The molecule has 0 spiro atoms. The van der Waals surface area contributed by atoms with Crippen molar-refractivity contribution in [1.82, 2.24) is 0 Å². The van der Waals surface area contributed by atoms with E-state index >= 15 is 0 Å². The highest BCUT2D eigenvalue weighted by atomic mass is 32.2. The number of methoxy groups -OCH3 is 1. The van der Waals surface area contributed by atoms with Crippen LogP contribution in [0.5, 0.6) is 11.5 Å². The van der Waals surface area contributed by atoms with Gasteiger partial charge in [0.25, 0.3) is 0 Å². The molecule has 4 aromatic rings. The van der Waals surface area contributed by atoms with Crippen molar-refractivity contribution in [3.05, 3.63) is 90.5 Å². The van der Waals surface area contributed by atoms with E-state index in [2.05, 4.69) is 12.0 Å². The number of ether oxygens (including phenoxy) is 1. The van der Waals surface area contributed by atoms with Crippen molar-refractivity contribution in [2.24, 2.45) is 0 Å². The second-order valence-electron chi connectivity index (χ2n) is 7.19. The van der Waals surface area contributed by atoms with E-state index in [0.29, 0.717) is 22.4 Å². The van der Waals surface area contributed by atoms with E-state index in [1.807, 2.05) is 42.5 Å². The standard InChI is InChI=1S/C26H21NO4S/c1-31-21-13-12-19(16-17-27(32(2,29)30)20-8-4-3-5-9-20)25(18-21)23-14-15-26(28)24-11-7-6-10-22(23)24/h3-15,18,28H,1-2H3. The molecule has 4 aromatic carbocycles. The van der Waals surface area contributed by atoms with Gasteiger partial charge in [0.2, 0.25) is 10.0 Å². The summed E-state index contributed by atoms with van der Waals surface area (Å²) in [7, 11) is -2.03. The molecule has 0 aliphatic carbocycles. The molecule has 1 N–H and O–H groups in total. The Morgan fingerprint density at radius 3 is 2.22 bits per heavy atom. The predicted octanol–water partition coefficient (Wildman–Crippen LogP) is 5.00. The average Bonchev–Trinajstić information content (AvgIpc) is 2.80. The molecule has 0 fully saturated rings. The van der Waals surface area contributed by atoms with Gasteiger partial charge in [-0.15, -0.1) is 0 Å². The van der Waals surface area contributed by atoms with Gasteiger partial charge in [-0.25, -0.2) is 8.42 Å². The number of benzene rings is 4. The van der Waals surface area contributed by atoms with Crippen molar-refractivity contribution in [3.8, 4) is 34.6 Å². The SMILES string of the molecule is COc1ccc(C#CN(c2ccccc2)S(C)(=O)=O)c(-c2ccc(O)c3ccccc23)c1. The lowest BCUT2D eigenvalue weighted by molar-refractivity contribution is 0.415. The van der Waals surface area contributed by atoms with Gasteiger partial charge in [0.15, 0.2) is 0 Å². The van der Waals surface area contributed by atoms with Gasteiger partial charge in [-0.2, -0.15) is 4.31 Å². The first-order valence-corrected chi connectivity index (χ1v) is 11.7. The lowest BCUT2D eigenvalue weighted by atomic mass is 9.94. The summed E-state index contributed by atoms with van der Waals surface area (Å²) in [6.45, 7) is 0. The van der Waals surface area contributed by atoms with Gasteiger partial charge in [-0.1, -0.05) is 48.5 Å². The maximum Gasteiger partial charge on any atom is 0.243 e. The molecule has 32 heavy (non-hydrogen) atoms. The van der Waals surface area contributed by atoms with Gasteiger partial charge in [-0.05, 0) is 53.3 Å². The Labute approximate surface area is 187 Å². The summed E-state index contributed by atoms with van der Waals surface area (Å²) in [6, 6.07) is 28.0. The molecule has 0 unspecified atom stereocenters. The minimum Gasteiger partial charge on any atom is -0.507 e. The van der Waals surface area contributed by atoms with Gasteiger partial charge in [0, 0.05) is 22.6 Å². The monoisotopic (exact) mass is 443 g/mol. The Morgan fingerprint density at radius 2 is 1.53 bits per heavy atom. The van der Waals surface area contributed by atoms with Gasteiger partial charge in [0.1, 0.15) is 11.5 Å². The topological polar surface area (TPSA) is 66.8 Å². The van der Waals surface area contributed by atoms with Gasteiger partial charge in [-0.3, -0.25) is 0 Å². The first-order chi connectivity index (χ1) is 15.4. The Morgan fingerprint density at radius 1 is 0.844 bits per heavy atom. The molecule has 0 aliphatic heterocycles. The molecule has 0 saturated heterocycles. The molecular weight excluding hydrogens is 422 g/mol. The number of sulfonamides is 1. The fourth-order valence-corrected chi connectivity index (χ4v) is 4.23. The summed E-state index contributed by atoms with van der Waals surface area (Å²) in [5.74, 6) is 3.86. The molecule has 0 heterocycles. The number of aromatic hydroxyl groups is 1. The summed E-state index contributed by atoms with van der Waals surface area (Å²) in [4.78, 5) is 0. The zero-order chi connectivity index (χ0) is 22.7. The molecule has 0 atom stereocenters. The fourth-order valence-electron chi connectivity index (χ4n) is 3.51. The van der Waals surface area contributed by atoms with Crippen molar-refractivity contribution in [3.63, 3.8) is 0 Å². The number of fused-ring (bicyclic) bond motifs is 1.